The first-order valence-corrected chi connectivity index (χ1v) is 6.56. The van der Waals surface area contributed by atoms with Crippen molar-refractivity contribution in [1.29, 1.82) is 0 Å². The van der Waals surface area contributed by atoms with Gasteiger partial charge in [-0.25, -0.2) is 14.8 Å². The molecule has 0 aromatic carbocycles. The Labute approximate surface area is 111 Å². The smallest absolute Gasteiger partial charge is 0.339 e. The second-order valence-electron chi connectivity index (χ2n) is 4.98. The van der Waals surface area contributed by atoms with E-state index >= 15 is 0 Å². The Balaban J connectivity index is 2.10. The van der Waals surface area contributed by atoms with Crippen LogP contribution in [0.1, 0.15) is 41.7 Å². The lowest BCUT2D eigenvalue weighted by molar-refractivity contribution is 0.0695. The molecule has 0 spiro atoms. The van der Waals surface area contributed by atoms with Gasteiger partial charge in [0.05, 0.1) is 11.3 Å². The van der Waals surface area contributed by atoms with Crippen molar-refractivity contribution in [3.05, 3.63) is 17.5 Å². The number of hydrogen-bond donors (Lipinski definition) is 3. The fraction of sp³-hybridized carbons (Fsp3) is 0.615. The fourth-order valence-corrected chi connectivity index (χ4v) is 2.53. The summed E-state index contributed by atoms with van der Waals surface area (Å²) >= 11 is 0. The zero-order valence-corrected chi connectivity index (χ0v) is 11.0. The van der Waals surface area contributed by atoms with Gasteiger partial charge in [0.2, 0.25) is 5.95 Å². The van der Waals surface area contributed by atoms with Crippen molar-refractivity contribution in [2.24, 2.45) is 5.92 Å². The van der Waals surface area contributed by atoms with E-state index in [1.807, 2.05) is 0 Å². The van der Waals surface area contributed by atoms with Crippen molar-refractivity contribution in [2.75, 3.05) is 11.9 Å². The molecule has 6 heteroatoms. The predicted molar refractivity (Wildman–Crippen MR) is 70.2 cm³/mol. The summed E-state index contributed by atoms with van der Waals surface area (Å²) in [5.41, 5.74) is 0.564. The van der Waals surface area contributed by atoms with Gasteiger partial charge in [-0.1, -0.05) is 12.8 Å². The van der Waals surface area contributed by atoms with Crippen molar-refractivity contribution in [1.82, 2.24) is 9.97 Å². The summed E-state index contributed by atoms with van der Waals surface area (Å²) in [6.07, 6.45) is 5.57. The maximum atomic E-state index is 10.9. The minimum absolute atomic E-state index is 0.118. The first-order chi connectivity index (χ1) is 9.11. The number of carboxylic acids is 1. The lowest BCUT2D eigenvalue weighted by Crippen LogP contribution is -2.35. The number of hydrogen-bond acceptors (Lipinski definition) is 5. The molecule has 1 saturated carbocycles. The average Bonchev–Trinajstić information content (AvgIpc) is 2.39. The van der Waals surface area contributed by atoms with Crippen molar-refractivity contribution in [2.45, 2.75) is 38.6 Å². The quantitative estimate of drug-likeness (QED) is 0.762. The molecule has 19 heavy (non-hydrogen) atoms. The highest BCUT2D eigenvalue weighted by Crippen LogP contribution is 2.26. The number of aromatic nitrogens is 2. The number of aryl methyl sites for hydroxylation is 1. The third-order valence-electron chi connectivity index (χ3n) is 3.67. The highest BCUT2D eigenvalue weighted by atomic mass is 16.4. The van der Waals surface area contributed by atoms with Gasteiger partial charge in [0.15, 0.2) is 0 Å². The standard InChI is InChI=1S/C13H19N3O3/c1-8-10(12(18)19)6-14-13(15-8)16-11-5-3-2-4-9(11)7-17/h6,9,11,17H,2-5,7H2,1H3,(H,18,19)(H,14,15,16)/t9-,11+/m0/s1. The van der Waals surface area contributed by atoms with E-state index in [1.54, 1.807) is 6.92 Å². The van der Waals surface area contributed by atoms with Gasteiger partial charge in [0.25, 0.3) is 0 Å². The number of aliphatic hydroxyl groups is 1. The lowest BCUT2D eigenvalue weighted by atomic mass is 9.85. The van der Waals surface area contributed by atoms with Crippen LogP contribution in [0.3, 0.4) is 0 Å². The SMILES string of the molecule is Cc1nc(N[C@@H]2CCCC[C@H]2CO)ncc1C(=O)O. The predicted octanol–water partition coefficient (Wildman–Crippen LogP) is 1.45. The van der Waals surface area contributed by atoms with E-state index in [0.29, 0.717) is 11.6 Å². The van der Waals surface area contributed by atoms with Gasteiger partial charge < -0.3 is 15.5 Å². The molecule has 1 heterocycles. The highest BCUT2D eigenvalue weighted by Gasteiger charge is 2.25. The van der Waals surface area contributed by atoms with E-state index in [9.17, 15) is 9.90 Å². The van der Waals surface area contributed by atoms with E-state index in [4.69, 9.17) is 5.11 Å². The molecule has 3 N–H and O–H groups in total. The van der Waals surface area contributed by atoms with E-state index in [2.05, 4.69) is 15.3 Å². The van der Waals surface area contributed by atoms with Crippen molar-refractivity contribution >= 4 is 11.9 Å². The summed E-state index contributed by atoms with van der Waals surface area (Å²) in [5.74, 6) is -0.361. The third-order valence-corrected chi connectivity index (χ3v) is 3.67. The molecule has 2 atom stereocenters. The minimum atomic E-state index is -1.02. The van der Waals surface area contributed by atoms with E-state index in [-0.39, 0.29) is 24.1 Å². The van der Waals surface area contributed by atoms with Gasteiger partial charge in [-0.2, -0.15) is 0 Å². The molecular formula is C13H19N3O3. The number of aliphatic hydroxyl groups excluding tert-OH is 1. The van der Waals surface area contributed by atoms with Gasteiger partial charge >= 0.3 is 5.97 Å². The Morgan fingerprint density at radius 2 is 2.21 bits per heavy atom. The summed E-state index contributed by atoms with van der Waals surface area (Å²) in [5, 5.41) is 21.5. The van der Waals surface area contributed by atoms with Crippen LogP contribution in [0.2, 0.25) is 0 Å². The number of carbonyl (C=O) groups is 1. The highest BCUT2D eigenvalue weighted by molar-refractivity contribution is 5.88. The van der Waals surface area contributed by atoms with E-state index < -0.39 is 5.97 Å². The minimum Gasteiger partial charge on any atom is -0.478 e. The molecule has 2 rings (SSSR count). The van der Waals surface area contributed by atoms with Gasteiger partial charge in [-0.05, 0) is 19.8 Å². The van der Waals surface area contributed by atoms with E-state index in [1.165, 1.54) is 6.20 Å². The summed E-state index contributed by atoms with van der Waals surface area (Å²) in [7, 11) is 0. The van der Waals surface area contributed by atoms with Crippen LogP contribution in [-0.2, 0) is 0 Å². The van der Waals surface area contributed by atoms with Gasteiger partial charge in [-0.15, -0.1) is 0 Å². The molecule has 104 valence electrons. The normalized spacial score (nSPS) is 23.1. The summed E-state index contributed by atoms with van der Waals surface area (Å²) in [6, 6.07) is 0.161. The Kier molecular flexibility index (Phi) is 4.31. The van der Waals surface area contributed by atoms with Gasteiger partial charge in [0.1, 0.15) is 0 Å². The molecule has 1 fully saturated rings. The second-order valence-corrected chi connectivity index (χ2v) is 4.98. The summed E-state index contributed by atoms with van der Waals surface area (Å²) in [6.45, 7) is 1.81. The largest absolute Gasteiger partial charge is 0.478 e. The molecule has 1 aliphatic rings. The number of rotatable bonds is 4. The molecule has 1 aliphatic carbocycles. The first-order valence-electron chi connectivity index (χ1n) is 6.56. The Hall–Kier alpha value is -1.69. The van der Waals surface area contributed by atoms with Gasteiger partial charge in [0, 0.05) is 24.8 Å². The molecule has 0 aliphatic heterocycles. The molecular weight excluding hydrogens is 246 g/mol. The average molecular weight is 265 g/mol. The Morgan fingerprint density at radius 3 is 2.84 bits per heavy atom. The monoisotopic (exact) mass is 265 g/mol. The van der Waals surface area contributed by atoms with Crippen molar-refractivity contribution in [3.8, 4) is 0 Å². The number of nitrogens with zero attached hydrogens (tertiary/aromatic N) is 2. The van der Waals surface area contributed by atoms with Gasteiger partial charge in [-0.3, -0.25) is 0 Å². The molecule has 1 aromatic heterocycles. The zero-order chi connectivity index (χ0) is 13.8. The number of anilines is 1. The maximum absolute atomic E-state index is 10.9. The van der Waals surface area contributed by atoms with Crippen LogP contribution in [-0.4, -0.2) is 38.8 Å². The first kappa shape index (κ1) is 13.7. The maximum Gasteiger partial charge on any atom is 0.339 e. The van der Waals surface area contributed by atoms with Crippen molar-refractivity contribution < 1.29 is 15.0 Å². The number of aromatic carboxylic acids is 1. The van der Waals surface area contributed by atoms with Crippen LogP contribution in [0.25, 0.3) is 0 Å². The van der Waals surface area contributed by atoms with Crippen LogP contribution in [0, 0.1) is 12.8 Å². The topological polar surface area (TPSA) is 95.3 Å². The van der Waals surface area contributed by atoms with Crippen molar-refractivity contribution in [3.63, 3.8) is 0 Å². The third kappa shape index (κ3) is 3.20. The molecule has 0 unspecified atom stereocenters. The molecule has 0 bridgehead atoms. The van der Waals surface area contributed by atoms with Crippen LogP contribution >= 0.6 is 0 Å². The Bertz CT molecular complexity index is 464. The van der Waals surface area contributed by atoms with Crippen LogP contribution < -0.4 is 5.32 Å². The van der Waals surface area contributed by atoms with Crippen LogP contribution in [0.15, 0.2) is 6.20 Å². The van der Waals surface area contributed by atoms with Crippen LogP contribution in [0.5, 0.6) is 0 Å². The fourth-order valence-electron chi connectivity index (χ4n) is 2.53. The summed E-state index contributed by atoms with van der Waals surface area (Å²) in [4.78, 5) is 19.1. The molecule has 0 amide bonds. The number of nitrogens with one attached hydrogen (secondary N) is 1. The molecule has 6 nitrogen and oxygen atoms in total. The van der Waals surface area contributed by atoms with E-state index in [0.717, 1.165) is 25.7 Å². The molecule has 0 saturated heterocycles. The molecule has 1 aromatic rings. The number of carboxylic acid groups (broad SMARTS) is 1. The molecule has 0 radical (unpaired) electrons. The van der Waals surface area contributed by atoms with Crippen LogP contribution in [0.4, 0.5) is 5.95 Å². The summed E-state index contributed by atoms with van der Waals surface area (Å²) < 4.78 is 0. The lowest BCUT2D eigenvalue weighted by Gasteiger charge is -2.30. The second kappa shape index (κ2) is 5.97. The zero-order valence-electron chi connectivity index (χ0n) is 11.0. The Morgan fingerprint density at radius 1 is 1.47 bits per heavy atom.